The second kappa shape index (κ2) is 5.83. The molecule has 0 amide bonds. The molecule has 2 aromatic carbocycles. The molecule has 0 aliphatic rings. The van der Waals surface area contributed by atoms with Crippen LogP contribution >= 0.6 is 0 Å². The fourth-order valence-corrected chi connectivity index (χ4v) is 2.43. The first-order chi connectivity index (χ1) is 9.85. The summed E-state index contributed by atoms with van der Waals surface area (Å²) in [6.07, 6.45) is 5.65. The molecule has 0 unspecified atom stereocenters. The summed E-state index contributed by atoms with van der Waals surface area (Å²) in [4.78, 5) is 3.21. The molecule has 3 rings (SSSR count). The van der Waals surface area contributed by atoms with E-state index in [1.54, 1.807) is 0 Å². The third-order valence-electron chi connectivity index (χ3n) is 3.61. The molecule has 20 heavy (non-hydrogen) atoms. The van der Waals surface area contributed by atoms with Crippen LogP contribution in [0.5, 0.6) is 0 Å². The lowest BCUT2D eigenvalue weighted by Gasteiger charge is -2.08. The highest BCUT2D eigenvalue weighted by Crippen LogP contribution is 2.22. The lowest BCUT2D eigenvalue weighted by Crippen LogP contribution is -1.91. The van der Waals surface area contributed by atoms with Crippen molar-refractivity contribution < 1.29 is 0 Å². The number of fused-ring (bicyclic) bond motifs is 1. The fraction of sp³-hybridized carbons (Fsp3) is 0.222. The van der Waals surface area contributed by atoms with E-state index in [2.05, 4.69) is 65.8 Å². The Labute approximate surface area is 119 Å². The van der Waals surface area contributed by atoms with Crippen molar-refractivity contribution in [2.45, 2.75) is 26.2 Å². The minimum absolute atomic E-state index is 1.12. The molecule has 2 N–H and O–H groups in total. The second-order valence-corrected chi connectivity index (χ2v) is 5.21. The molecule has 0 atom stereocenters. The molecule has 0 bridgehead atoms. The van der Waals surface area contributed by atoms with Gasteiger partial charge in [-0.2, -0.15) is 0 Å². The second-order valence-electron chi connectivity index (χ2n) is 5.21. The Morgan fingerprint density at radius 3 is 2.55 bits per heavy atom. The van der Waals surface area contributed by atoms with Crippen LogP contribution in [0.3, 0.4) is 0 Å². The van der Waals surface area contributed by atoms with Crippen LogP contribution in [-0.2, 0) is 6.42 Å². The van der Waals surface area contributed by atoms with Gasteiger partial charge in [0.05, 0.1) is 0 Å². The summed E-state index contributed by atoms with van der Waals surface area (Å²) in [5.41, 5.74) is 4.85. The first-order valence-corrected chi connectivity index (χ1v) is 7.28. The number of aromatic nitrogens is 1. The fourth-order valence-electron chi connectivity index (χ4n) is 2.43. The molecule has 1 heterocycles. The van der Waals surface area contributed by atoms with E-state index in [9.17, 15) is 0 Å². The highest BCUT2D eigenvalue weighted by Gasteiger charge is 1.99. The molecule has 1 aromatic heterocycles. The number of nitrogens with one attached hydrogen (secondary N) is 2. The highest BCUT2D eigenvalue weighted by molar-refractivity contribution is 5.84. The van der Waals surface area contributed by atoms with Gasteiger partial charge >= 0.3 is 0 Å². The van der Waals surface area contributed by atoms with Crippen molar-refractivity contribution in [3.05, 3.63) is 60.3 Å². The third kappa shape index (κ3) is 2.85. The Hall–Kier alpha value is -2.22. The Morgan fingerprint density at radius 2 is 1.75 bits per heavy atom. The normalized spacial score (nSPS) is 10.8. The van der Waals surface area contributed by atoms with Crippen LogP contribution < -0.4 is 5.32 Å². The lowest BCUT2D eigenvalue weighted by molar-refractivity contribution is 0.795. The predicted molar refractivity (Wildman–Crippen MR) is 86.6 cm³/mol. The quantitative estimate of drug-likeness (QED) is 0.647. The van der Waals surface area contributed by atoms with Gasteiger partial charge in [0.1, 0.15) is 0 Å². The Morgan fingerprint density at radius 1 is 0.950 bits per heavy atom. The van der Waals surface area contributed by atoms with Crippen LogP contribution in [0.2, 0.25) is 0 Å². The predicted octanol–water partition coefficient (Wildman–Crippen LogP) is 5.25. The van der Waals surface area contributed by atoms with Gasteiger partial charge in [0.25, 0.3) is 0 Å². The van der Waals surface area contributed by atoms with E-state index >= 15 is 0 Å². The Bertz CT molecular complexity index is 680. The molecule has 0 fully saturated rings. The molecule has 0 radical (unpaired) electrons. The van der Waals surface area contributed by atoms with E-state index in [0.29, 0.717) is 0 Å². The van der Waals surface area contributed by atoms with Crippen molar-refractivity contribution in [3.63, 3.8) is 0 Å². The van der Waals surface area contributed by atoms with Gasteiger partial charge in [0.2, 0.25) is 0 Å². The minimum Gasteiger partial charge on any atom is -0.361 e. The van der Waals surface area contributed by atoms with Gasteiger partial charge in [-0.15, -0.1) is 0 Å². The van der Waals surface area contributed by atoms with E-state index in [-0.39, 0.29) is 0 Å². The summed E-state index contributed by atoms with van der Waals surface area (Å²) >= 11 is 0. The molecular formula is C18H20N2. The number of rotatable bonds is 5. The van der Waals surface area contributed by atoms with Gasteiger partial charge < -0.3 is 10.3 Å². The summed E-state index contributed by atoms with van der Waals surface area (Å²) in [6.45, 7) is 2.23. The minimum atomic E-state index is 1.12. The van der Waals surface area contributed by atoms with Crippen molar-refractivity contribution in [2.24, 2.45) is 0 Å². The maximum atomic E-state index is 3.46. The largest absolute Gasteiger partial charge is 0.361 e. The molecule has 0 aliphatic carbocycles. The summed E-state index contributed by atoms with van der Waals surface area (Å²) in [7, 11) is 0. The molecule has 102 valence electrons. The van der Waals surface area contributed by atoms with E-state index < -0.39 is 0 Å². The monoisotopic (exact) mass is 264 g/mol. The summed E-state index contributed by atoms with van der Waals surface area (Å²) < 4.78 is 0. The van der Waals surface area contributed by atoms with Crippen molar-refractivity contribution in [1.29, 1.82) is 0 Å². The zero-order chi connectivity index (χ0) is 13.8. The maximum Gasteiger partial charge on any atom is 0.0455 e. The summed E-state index contributed by atoms with van der Waals surface area (Å²) in [5.74, 6) is 0. The zero-order valence-electron chi connectivity index (χ0n) is 11.8. The van der Waals surface area contributed by atoms with Crippen LogP contribution in [0.15, 0.2) is 54.7 Å². The van der Waals surface area contributed by atoms with Gasteiger partial charge in [-0.25, -0.2) is 0 Å². The topological polar surface area (TPSA) is 27.8 Å². The molecule has 2 heteroatoms. The molecule has 0 aliphatic heterocycles. The first kappa shape index (κ1) is 12.8. The molecule has 0 spiro atoms. The van der Waals surface area contributed by atoms with Gasteiger partial charge in [-0.3, -0.25) is 0 Å². The number of benzene rings is 2. The number of hydrogen-bond acceptors (Lipinski definition) is 1. The molecule has 0 saturated carbocycles. The van der Waals surface area contributed by atoms with Gasteiger partial charge in [0, 0.05) is 28.5 Å². The maximum absolute atomic E-state index is 3.46. The SMILES string of the molecule is CCCCc1ccc(Nc2ccc3[nH]ccc3c2)cc1. The number of unbranched alkanes of at least 4 members (excludes halogenated alkanes) is 1. The van der Waals surface area contributed by atoms with E-state index in [0.717, 1.165) is 11.4 Å². The Balaban J connectivity index is 1.73. The molecule has 2 nitrogen and oxygen atoms in total. The van der Waals surface area contributed by atoms with Crippen LogP contribution in [0.1, 0.15) is 25.3 Å². The summed E-state index contributed by atoms with van der Waals surface area (Å²) in [5, 5.41) is 4.69. The number of anilines is 2. The number of aromatic amines is 1. The van der Waals surface area contributed by atoms with Crippen molar-refractivity contribution in [2.75, 3.05) is 5.32 Å². The number of H-pyrrole nitrogens is 1. The van der Waals surface area contributed by atoms with E-state index in [1.807, 2.05) is 6.20 Å². The highest BCUT2D eigenvalue weighted by atomic mass is 14.9. The molecule has 0 saturated heterocycles. The number of hydrogen-bond donors (Lipinski definition) is 2. The van der Waals surface area contributed by atoms with Crippen molar-refractivity contribution in [1.82, 2.24) is 4.98 Å². The standard InChI is InChI=1S/C18H20N2/c1-2-3-4-14-5-7-16(8-6-14)20-17-9-10-18-15(13-17)11-12-19-18/h5-13,19-20H,2-4H2,1H3. The smallest absolute Gasteiger partial charge is 0.0455 e. The first-order valence-electron chi connectivity index (χ1n) is 7.28. The number of aryl methyl sites for hydroxylation is 1. The van der Waals surface area contributed by atoms with Gasteiger partial charge in [-0.1, -0.05) is 25.5 Å². The van der Waals surface area contributed by atoms with Crippen LogP contribution in [0, 0.1) is 0 Å². The van der Waals surface area contributed by atoms with Crippen LogP contribution in [0.25, 0.3) is 10.9 Å². The van der Waals surface area contributed by atoms with Gasteiger partial charge in [0.15, 0.2) is 0 Å². The van der Waals surface area contributed by atoms with E-state index in [1.165, 1.54) is 35.7 Å². The Kier molecular flexibility index (Phi) is 3.73. The lowest BCUT2D eigenvalue weighted by atomic mass is 10.1. The van der Waals surface area contributed by atoms with E-state index in [4.69, 9.17) is 0 Å². The van der Waals surface area contributed by atoms with Crippen molar-refractivity contribution >= 4 is 22.3 Å². The zero-order valence-corrected chi connectivity index (χ0v) is 11.8. The molecule has 3 aromatic rings. The van der Waals surface area contributed by atoms with Crippen LogP contribution in [0.4, 0.5) is 11.4 Å². The average Bonchev–Trinajstić information content (AvgIpc) is 2.94. The van der Waals surface area contributed by atoms with Crippen molar-refractivity contribution in [3.8, 4) is 0 Å². The van der Waals surface area contributed by atoms with Gasteiger partial charge in [-0.05, 0) is 54.8 Å². The summed E-state index contributed by atoms with van der Waals surface area (Å²) in [6, 6.07) is 17.2. The molecular weight excluding hydrogens is 244 g/mol. The third-order valence-corrected chi connectivity index (χ3v) is 3.61. The average molecular weight is 264 g/mol. The van der Waals surface area contributed by atoms with Crippen LogP contribution in [-0.4, -0.2) is 4.98 Å².